The number of carbonyl (C=O) groups excluding carboxylic acids is 2. The summed E-state index contributed by atoms with van der Waals surface area (Å²) in [4.78, 5) is 37.6. The monoisotopic (exact) mass is 441 g/mol. The number of carbonyl (C=O) groups is 3. The molecule has 1 saturated heterocycles. The van der Waals surface area contributed by atoms with Crippen molar-refractivity contribution in [2.45, 2.75) is 39.5 Å². The third kappa shape index (κ3) is 3.36. The summed E-state index contributed by atoms with van der Waals surface area (Å²) in [5.41, 5.74) is 4.45. The summed E-state index contributed by atoms with van der Waals surface area (Å²) >= 11 is 2.40. The smallest absolute Gasteiger partial charge is 0.323 e. The van der Waals surface area contributed by atoms with Crippen LogP contribution in [0.3, 0.4) is 0 Å². The van der Waals surface area contributed by atoms with Crippen molar-refractivity contribution >= 4 is 46.3 Å². The van der Waals surface area contributed by atoms with Crippen molar-refractivity contribution in [3.63, 3.8) is 0 Å². The molecular weight excluding hydrogens is 422 g/mol. The van der Waals surface area contributed by atoms with Crippen molar-refractivity contribution in [1.82, 2.24) is 9.47 Å². The van der Waals surface area contributed by atoms with E-state index in [1.807, 2.05) is 24.5 Å². The number of aliphatic carboxylic acids is 1. The van der Waals surface area contributed by atoms with E-state index in [9.17, 15) is 19.6 Å². The van der Waals surface area contributed by atoms with Gasteiger partial charge >= 0.3 is 5.97 Å². The molecule has 4 rings (SSSR count). The number of aryl methyl sites for hydroxylation is 2. The summed E-state index contributed by atoms with van der Waals surface area (Å²) in [6, 6.07) is 4.30. The summed E-state index contributed by atoms with van der Waals surface area (Å²) in [7, 11) is 0. The Morgan fingerprint density at radius 3 is 2.73 bits per heavy atom. The van der Waals surface area contributed by atoms with Gasteiger partial charge in [-0.15, -0.1) is 11.3 Å². The van der Waals surface area contributed by atoms with Crippen LogP contribution >= 0.6 is 23.1 Å². The molecule has 2 aromatic rings. The van der Waals surface area contributed by atoms with E-state index in [4.69, 9.17) is 5.11 Å². The van der Waals surface area contributed by atoms with Crippen LogP contribution in [0.15, 0.2) is 11.0 Å². The lowest BCUT2D eigenvalue weighted by molar-refractivity contribution is -0.140. The van der Waals surface area contributed by atoms with E-state index >= 15 is 0 Å². The first-order chi connectivity index (χ1) is 14.3. The third-order valence-electron chi connectivity index (χ3n) is 5.39. The minimum atomic E-state index is -1.23. The summed E-state index contributed by atoms with van der Waals surface area (Å²) in [5.74, 6) is -1.83. The zero-order valence-electron chi connectivity index (χ0n) is 16.5. The van der Waals surface area contributed by atoms with Gasteiger partial charge in [-0.2, -0.15) is 5.26 Å². The Bertz CT molecular complexity index is 1170. The van der Waals surface area contributed by atoms with Gasteiger partial charge < -0.3 is 9.67 Å². The van der Waals surface area contributed by atoms with Crippen LogP contribution < -0.4 is 0 Å². The molecule has 0 spiro atoms. The lowest BCUT2D eigenvalue weighted by Crippen LogP contribution is -2.33. The van der Waals surface area contributed by atoms with E-state index in [0.717, 1.165) is 75.4 Å². The number of aromatic nitrogens is 1. The lowest BCUT2D eigenvalue weighted by atomic mass is 9.96. The van der Waals surface area contributed by atoms with E-state index in [1.165, 1.54) is 4.88 Å². The van der Waals surface area contributed by atoms with Gasteiger partial charge in [0.25, 0.3) is 11.1 Å². The fourth-order valence-electron chi connectivity index (χ4n) is 3.98. The first-order valence-electron chi connectivity index (χ1n) is 9.53. The topological polar surface area (TPSA) is 103 Å². The minimum absolute atomic E-state index is 0.201. The molecule has 2 aromatic heterocycles. The van der Waals surface area contributed by atoms with Gasteiger partial charge in [0.05, 0.1) is 10.5 Å². The lowest BCUT2D eigenvalue weighted by Gasteiger charge is -2.10. The van der Waals surface area contributed by atoms with Crippen molar-refractivity contribution in [1.29, 1.82) is 5.26 Å². The van der Waals surface area contributed by atoms with Gasteiger partial charge in [0.1, 0.15) is 17.6 Å². The van der Waals surface area contributed by atoms with Gasteiger partial charge in [-0.05, 0) is 74.6 Å². The number of carboxylic acid groups (broad SMARTS) is 1. The van der Waals surface area contributed by atoms with Crippen molar-refractivity contribution in [2.75, 3.05) is 6.54 Å². The Balaban J connectivity index is 1.74. The van der Waals surface area contributed by atoms with Crippen LogP contribution in [0.25, 0.3) is 11.1 Å². The molecule has 1 fully saturated rings. The molecule has 0 atom stereocenters. The predicted molar refractivity (Wildman–Crippen MR) is 115 cm³/mol. The molecule has 0 unspecified atom stereocenters. The quantitative estimate of drug-likeness (QED) is 0.719. The van der Waals surface area contributed by atoms with Gasteiger partial charge in [0, 0.05) is 16.3 Å². The number of amides is 2. The Hall–Kier alpha value is -2.83. The molecule has 0 bridgehead atoms. The largest absolute Gasteiger partial charge is 0.480 e. The second-order valence-electron chi connectivity index (χ2n) is 7.33. The molecule has 3 heterocycles. The average Bonchev–Trinajstić information content (AvgIpc) is 3.28. The number of hydrogen-bond donors (Lipinski definition) is 1. The number of hydrogen-bond acceptors (Lipinski definition) is 6. The Morgan fingerprint density at radius 2 is 2.03 bits per heavy atom. The highest BCUT2D eigenvalue weighted by atomic mass is 32.2. The molecular formula is C21H19N3O4S2. The van der Waals surface area contributed by atoms with E-state index < -0.39 is 23.7 Å². The van der Waals surface area contributed by atoms with Crippen LogP contribution in [0, 0.1) is 25.2 Å². The highest BCUT2D eigenvalue weighted by Gasteiger charge is 2.36. The minimum Gasteiger partial charge on any atom is -0.480 e. The van der Waals surface area contributed by atoms with Crippen molar-refractivity contribution in [3.05, 3.63) is 43.9 Å². The van der Waals surface area contributed by atoms with Gasteiger partial charge in [-0.3, -0.25) is 19.3 Å². The molecule has 154 valence electrons. The molecule has 0 radical (unpaired) electrons. The first kappa shape index (κ1) is 20.4. The Labute approximate surface area is 181 Å². The van der Waals surface area contributed by atoms with Crippen molar-refractivity contribution in [2.24, 2.45) is 0 Å². The molecule has 1 N–H and O–H groups in total. The molecule has 0 saturated carbocycles. The SMILES string of the molecule is Cc1cc(/C=C2/SC(=O)N(CC(=O)O)C2=O)c(C)n1-c1sc2c(c1C#N)CCCC2. The molecule has 1 aliphatic heterocycles. The number of thioether (sulfide) groups is 1. The normalized spacial score (nSPS) is 17.5. The van der Waals surface area contributed by atoms with Crippen LogP contribution in [0.4, 0.5) is 4.79 Å². The highest BCUT2D eigenvalue weighted by molar-refractivity contribution is 8.18. The standard InChI is InChI=1S/C21H19N3O4S2/c1-11-7-13(8-17-19(27)23(10-18(25)26)21(28)30-17)12(2)24(11)20-15(9-22)14-5-3-4-6-16(14)29-20/h7-8H,3-6,10H2,1-2H3,(H,25,26)/b17-8+. The van der Waals surface area contributed by atoms with E-state index in [-0.39, 0.29) is 4.91 Å². The fourth-order valence-corrected chi connectivity index (χ4v) is 6.26. The number of rotatable bonds is 4. The average molecular weight is 442 g/mol. The Kier molecular flexibility index (Phi) is 5.30. The number of nitrogens with zero attached hydrogens (tertiary/aromatic N) is 3. The summed E-state index contributed by atoms with van der Waals surface area (Å²) in [6.45, 7) is 3.22. The second-order valence-corrected chi connectivity index (χ2v) is 9.40. The molecule has 7 nitrogen and oxygen atoms in total. The van der Waals surface area contributed by atoms with E-state index in [1.54, 1.807) is 17.4 Å². The first-order valence-corrected chi connectivity index (χ1v) is 11.2. The van der Waals surface area contributed by atoms with Crippen LogP contribution in [0.5, 0.6) is 0 Å². The molecule has 0 aromatic carbocycles. The van der Waals surface area contributed by atoms with Gasteiger partial charge in [-0.25, -0.2) is 0 Å². The van der Waals surface area contributed by atoms with Crippen LogP contribution in [0.1, 0.15) is 45.8 Å². The van der Waals surface area contributed by atoms with E-state index in [2.05, 4.69) is 6.07 Å². The predicted octanol–water partition coefficient (Wildman–Crippen LogP) is 4.03. The van der Waals surface area contributed by atoms with Crippen LogP contribution in [-0.4, -0.2) is 38.2 Å². The maximum Gasteiger partial charge on any atom is 0.323 e. The van der Waals surface area contributed by atoms with Gasteiger partial charge in [0.2, 0.25) is 0 Å². The molecule has 9 heteroatoms. The summed E-state index contributed by atoms with van der Waals surface area (Å²) in [6.07, 6.45) is 5.79. The summed E-state index contributed by atoms with van der Waals surface area (Å²) < 4.78 is 2.04. The zero-order chi connectivity index (χ0) is 21.6. The Morgan fingerprint density at radius 1 is 1.30 bits per heavy atom. The van der Waals surface area contributed by atoms with Crippen molar-refractivity contribution in [3.8, 4) is 11.1 Å². The van der Waals surface area contributed by atoms with Gasteiger partial charge in [0.15, 0.2) is 0 Å². The molecule has 30 heavy (non-hydrogen) atoms. The fraction of sp³-hybridized carbons (Fsp3) is 0.333. The number of fused-ring (bicyclic) bond motifs is 1. The van der Waals surface area contributed by atoms with Crippen molar-refractivity contribution < 1.29 is 19.5 Å². The summed E-state index contributed by atoms with van der Waals surface area (Å²) in [5, 5.41) is 19.0. The molecule has 2 amide bonds. The number of carboxylic acids is 1. The second kappa shape index (κ2) is 7.78. The van der Waals surface area contributed by atoms with Crippen LogP contribution in [0.2, 0.25) is 0 Å². The molecule has 1 aliphatic carbocycles. The van der Waals surface area contributed by atoms with Gasteiger partial charge in [-0.1, -0.05) is 0 Å². The highest BCUT2D eigenvalue weighted by Crippen LogP contribution is 2.39. The van der Waals surface area contributed by atoms with E-state index in [0.29, 0.717) is 0 Å². The number of thiophene rings is 1. The third-order valence-corrected chi connectivity index (χ3v) is 7.58. The number of nitriles is 1. The number of imide groups is 1. The molecule has 2 aliphatic rings. The zero-order valence-corrected chi connectivity index (χ0v) is 18.2. The van der Waals surface area contributed by atoms with Crippen LogP contribution in [-0.2, 0) is 22.4 Å². The maximum atomic E-state index is 12.5. The maximum absolute atomic E-state index is 12.5.